The van der Waals surface area contributed by atoms with E-state index in [9.17, 15) is 4.79 Å². The lowest BCUT2D eigenvalue weighted by Gasteiger charge is -2.20. The summed E-state index contributed by atoms with van der Waals surface area (Å²) in [5.74, 6) is 0.598. The number of Topliss-reactive ketones (excluding diaryl/α,β-unsaturated/α-hetero) is 1. The third-order valence-corrected chi connectivity index (χ3v) is 4.12. The molecule has 1 aliphatic rings. The van der Waals surface area contributed by atoms with E-state index in [4.69, 9.17) is 0 Å². The Morgan fingerprint density at radius 2 is 1.89 bits per heavy atom. The third kappa shape index (κ3) is 1.86. The number of carbonyl (C=O) groups is 1. The minimum Gasteiger partial charge on any atom is -0.358 e. The van der Waals surface area contributed by atoms with Crippen LogP contribution in [-0.2, 0) is 0 Å². The van der Waals surface area contributed by atoms with Gasteiger partial charge in [0.05, 0.1) is 0 Å². The molecule has 94 valence electrons. The van der Waals surface area contributed by atoms with Gasteiger partial charge < -0.3 is 4.98 Å². The molecule has 2 heteroatoms. The van der Waals surface area contributed by atoms with Crippen molar-refractivity contribution >= 4 is 16.7 Å². The fraction of sp³-hybridized carbons (Fsp3) is 0.438. The normalized spacial score (nSPS) is 17.2. The Morgan fingerprint density at radius 3 is 2.67 bits per heavy atom. The topological polar surface area (TPSA) is 32.9 Å². The Hall–Kier alpha value is -1.57. The number of fused-ring (bicyclic) bond motifs is 1. The van der Waals surface area contributed by atoms with Crippen molar-refractivity contribution in [3.8, 4) is 0 Å². The quantitative estimate of drug-likeness (QED) is 0.784. The van der Waals surface area contributed by atoms with Gasteiger partial charge >= 0.3 is 0 Å². The first kappa shape index (κ1) is 11.5. The molecular weight excluding hydrogens is 222 g/mol. The van der Waals surface area contributed by atoms with Gasteiger partial charge in [-0.3, -0.25) is 4.79 Å². The lowest BCUT2D eigenvalue weighted by molar-refractivity contribution is 0.0890. The molecule has 0 bridgehead atoms. The van der Waals surface area contributed by atoms with Crippen LogP contribution in [0.4, 0.5) is 0 Å². The van der Waals surface area contributed by atoms with E-state index in [-0.39, 0.29) is 5.92 Å². The fourth-order valence-corrected chi connectivity index (χ4v) is 3.16. The van der Waals surface area contributed by atoms with Crippen molar-refractivity contribution in [2.75, 3.05) is 0 Å². The molecule has 0 saturated heterocycles. The Kier molecular flexibility index (Phi) is 2.94. The Balaban J connectivity index is 2.02. The van der Waals surface area contributed by atoms with Crippen molar-refractivity contribution in [1.82, 2.24) is 4.98 Å². The highest BCUT2D eigenvalue weighted by Gasteiger charge is 2.25. The summed E-state index contributed by atoms with van der Waals surface area (Å²) in [6, 6.07) is 8.11. The first-order chi connectivity index (χ1) is 8.77. The lowest BCUT2D eigenvalue weighted by atomic mass is 9.83. The third-order valence-electron chi connectivity index (χ3n) is 4.12. The van der Waals surface area contributed by atoms with Crippen molar-refractivity contribution in [3.63, 3.8) is 0 Å². The molecule has 1 aromatic heterocycles. The summed E-state index contributed by atoms with van der Waals surface area (Å²) in [5.41, 5.74) is 3.03. The number of hydrogen-bond acceptors (Lipinski definition) is 1. The van der Waals surface area contributed by atoms with E-state index in [1.807, 2.05) is 25.1 Å². The predicted octanol–water partition coefficient (Wildman–Crippen LogP) is 4.24. The molecule has 1 heterocycles. The zero-order valence-corrected chi connectivity index (χ0v) is 10.8. The highest BCUT2D eigenvalue weighted by molar-refractivity contribution is 6.10. The molecule has 1 aromatic carbocycles. The molecule has 0 spiro atoms. The maximum Gasteiger partial charge on any atom is 0.168 e. The van der Waals surface area contributed by atoms with Crippen LogP contribution in [0.1, 0.15) is 48.2 Å². The van der Waals surface area contributed by atoms with E-state index < -0.39 is 0 Å². The summed E-state index contributed by atoms with van der Waals surface area (Å²) in [7, 11) is 0. The molecular formula is C16H19NO. The second-order valence-corrected chi connectivity index (χ2v) is 5.37. The number of aryl methyl sites for hydroxylation is 1. The SMILES string of the molecule is Cc1[nH]c2ccccc2c1C(=O)C1CCCCC1. The average molecular weight is 241 g/mol. The number of nitrogens with one attached hydrogen (secondary N) is 1. The number of H-pyrrole nitrogens is 1. The van der Waals surface area contributed by atoms with Gasteiger partial charge in [-0.15, -0.1) is 0 Å². The van der Waals surface area contributed by atoms with Crippen LogP contribution in [-0.4, -0.2) is 10.8 Å². The van der Waals surface area contributed by atoms with Gasteiger partial charge in [-0.25, -0.2) is 0 Å². The van der Waals surface area contributed by atoms with Gasteiger partial charge in [0.15, 0.2) is 5.78 Å². The molecule has 18 heavy (non-hydrogen) atoms. The minimum atomic E-state index is 0.247. The van der Waals surface area contributed by atoms with E-state index in [1.165, 1.54) is 19.3 Å². The van der Waals surface area contributed by atoms with Crippen molar-refractivity contribution < 1.29 is 4.79 Å². The van der Waals surface area contributed by atoms with Gasteiger partial charge in [0.25, 0.3) is 0 Å². The molecule has 0 amide bonds. The number of benzene rings is 1. The minimum absolute atomic E-state index is 0.247. The summed E-state index contributed by atoms with van der Waals surface area (Å²) in [6.45, 7) is 2.01. The highest BCUT2D eigenvalue weighted by atomic mass is 16.1. The Morgan fingerprint density at radius 1 is 1.17 bits per heavy atom. The highest BCUT2D eigenvalue weighted by Crippen LogP contribution is 2.31. The molecule has 1 aliphatic carbocycles. The monoisotopic (exact) mass is 241 g/mol. The molecule has 0 unspecified atom stereocenters. The number of rotatable bonds is 2. The zero-order chi connectivity index (χ0) is 12.5. The summed E-state index contributed by atoms with van der Waals surface area (Å²) in [4.78, 5) is 16.0. The number of para-hydroxylation sites is 1. The summed E-state index contributed by atoms with van der Waals surface area (Å²) in [5, 5.41) is 1.09. The second-order valence-electron chi connectivity index (χ2n) is 5.37. The van der Waals surface area contributed by atoms with Gasteiger partial charge in [-0.05, 0) is 25.8 Å². The van der Waals surface area contributed by atoms with E-state index in [0.29, 0.717) is 5.78 Å². The standard InChI is InChI=1S/C16H19NO/c1-11-15(13-9-5-6-10-14(13)17-11)16(18)12-7-3-2-4-8-12/h5-6,9-10,12,17H,2-4,7-8H2,1H3. The van der Waals surface area contributed by atoms with E-state index in [2.05, 4.69) is 11.1 Å². The van der Waals surface area contributed by atoms with Crippen molar-refractivity contribution in [2.45, 2.75) is 39.0 Å². The van der Waals surface area contributed by atoms with Crippen LogP contribution in [0.3, 0.4) is 0 Å². The van der Waals surface area contributed by atoms with Gasteiger partial charge in [0.2, 0.25) is 0 Å². The van der Waals surface area contributed by atoms with E-state index in [0.717, 1.165) is 35.0 Å². The molecule has 2 aromatic rings. The Labute approximate surface area is 107 Å². The average Bonchev–Trinajstić information content (AvgIpc) is 2.75. The maximum atomic E-state index is 12.7. The molecule has 1 N–H and O–H groups in total. The summed E-state index contributed by atoms with van der Waals surface area (Å²) in [6.07, 6.45) is 5.84. The van der Waals surface area contributed by atoms with E-state index >= 15 is 0 Å². The van der Waals surface area contributed by atoms with Crippen LogP contribution in [0.25, 0.3) is 10.9 Å². The number of ketones is 1. The maximum absolute atomic E-state index is 12.7. The molecule has 3 rings (SSSR count). The fourth-order valence-electron chi connectivity index (χ4n) is 3.16. The van der Waals surface area contributed by atoms with Crippen LogP contribution in [0.2, 0.25) is 0 Å². The molecule has 0 radical (unpaired) electrons. The lowest BCUT2D eigenvalue weighted by Crippen LogP contribution is -2.18. The molecule has 1 fully saturated rings. The van der Waals surface area contributed by atoms with Gasteiger partial charge in [-0.1, -0.05) is 37.5 Å². The van der Waals surface area contributed by atoms with Crippen molar-refractivity contribution in [3.05, 3.63) is 35.5 Å². The van der Waals surface area contributed by atoms with Crippen LogP contribution in [0.15, 0.2) is 24.3 Å². The molecule has 1 saturated carbocycles. The van der Waals surface area contributed by atoms with E-state index in [1.54, 1.807) is 0 Å². The van der Waals surface area contributed by atoms with Crippen LogP contribution in [0.5, 0.6) is 0 Å². The number of aromatic amines is 1. The number of aromatic nitrogens is 1. The van der Waals surface area contributed by atoms with Crippen molar-refractivity contribution in [1.29, 1.82) is 0 Å². The summed E-state index contributed by atoms with van der Waals surface area (Å²) < 4.78 is 0. The van der Waals surface area contributed by atoms with Crippen molar-refractivity contribution in [2.24, 2.45) is 5.92 Å². The molecule has 0 atom stereocenters. The van der Waals surface area contributed by atoms with Crippen LogP contribution in [0, 0.1) is 12.8 Å². The second kappa shape index (κ2) is 4.60. The summed E-state index contributed by atoms with van der Waals surface area (Å²) >= 11 is 0. The smallest absolute Gasteiger partial charge is 0.168 e. The zero-order valence-electron chi connectivity index (χ0n) is 10.8. The first-order valence-electron chi connectivity index (χ1n) is 6.89. The van der Waals surface area contributed by atoms with Crippen LogP contribution >= 0.6 is 0 Å². The number of carbonyl (C=O) groups excluding carboxylic acids is 1. The Bertz CT molecular complexity index is 576. The largest absolute Gasteiger partial charge is 0.358 e. The van der Waals surface area contributed by atoms with Gasteiger partial charge in [-0.2, -0.15) is 0 Å². The molecule has 0 aliphatic heterocycles. The van der Waals surface area contributed by atoms with Gasteiger partial charge in [0, 0.05) is 28.1 Å². The first-order valence-corrected chi connectivity index (χ1v) is 6.89. The predicted molar refractivity (Wildman–Crippen MR) is 73.9 cm³/mol. The molecule has 2 nitrogen and oxygen atoms in total. The van der Waals surface area contributed by atoms with Crippen LogP contribution < -0.4 is 0 Å². The van der Waals surface area contributed by atoms with Gasteiger partial charge in [0.1, 0.15) is 0 Å². The number of hydrogen-bond donors (Lipinski definition) is 1.